The van der Waals surface area contributed by atoms with Crippen molar-refractivity contribution in [1.82, 2.24) is 10.2 Å². The maximum absolute atomic E-state index is 12.3. The molecule has 0 amide bonds. The minimum absolute atomic E-state index is 0.0627. The van der Waals surface area contributed by atoms with E-state index in [-0.39, 0.29) is 17.6 Å². The van der Waals surface area contributed by atoms with Crippen molar-refractivity contribution >= 4 is 11.9 Å². The van der Waals surface area contributed by atoms with Crippen molar-refractivity contribution in [3.63, 3.8) is 0 Å². The summed E-state index contributed by atoms with van der Waals surface area (Å²) in [7, 11) is 0. The Labute approximate surface area is 158 Å². The molecule has 27 heavy (non-hydrogen) atoms. The number of piperidine rings is 1. The van der Waals surface area contributed by atoms with Gasteiger partial charge in [0.05, 0.1) is 19.1 Å². The van der Waals surface area contributed by atoms with Gasteiger partial charge in [-0.2, -0.15) is 8.78 Å². The minimum Gasteiger partial charge on any atom is -0.466 e. The number of halogens is 2. The fraction of sp³-hybridized carbons (Fsp3) is 0.579. The number of carbonyl (C=O) groups excluding carboxylic acids is 1. The molecule has 1 saturated heterocycles. The summed E-state index contributed by atoms with van der Waals surface area (Å²) in [6.45, 7) is 3.83. The summed E-state index contributed by atoms with van der Waals surface area (Å²) in [6, 6.07) is 6.54. The van der Waals surface area contributed by atoms with Crippen LogP contribution in [0.2, 0.25) is 0 Å². The Morgan fingerprint density at radius 2 is 2.07 bits per heavy atom. The van der Waals surface area contributed by atoms with Crippen LogP contribution in [0.3, 0.4) is 0 Å². The molecule has 150 valence electrons. The van der Waals surface area contributed by atoms with Crippen LogP contribution in [-0.2, 0) is 16.1 Å². The van der Waals surface area contributed by atoms with Gasteiger partial charge in [-0.3, -0.25) is 4.79 Å². The zero-order valence-corrected chi connectivity index (χ0v) is 15.8. The number of nitrogens with one attached hydrogen (secondary N) is 1. The highest BCUT2D eigenvalue weighted by atomic mass is 19.3. The Morgan fingerprint density at radius 1 is 1.33 bits per heavy atom. The SMILES string of the molecule is CCNC(=NCc1cccc(OC(F)F)c1)N1CCC(C(=O)OCC)CC1. The number of aliphatic imine (C=N–C) groups is 1. The van der Waals surface area contributed by atoms with Crippen LogP contribution in [-0.4, -0.2) is 49.7 Å². The van der Waals surface area contributed by atoms with E-state index in [1.54, 1.807) is 12.1 Å². The highest BCUT2D eigenvalue weighted by Gasteiger charge is 2.27. The van der Waals surface area contributed by atoms with E-state index in [4.69, 9.17) is 4.74 Å². The molecule has 1 N–H and O–H groups in total. The molecule has 0 atom stereocenters. The number of rotatable bonds is 7. The van der Waals surface area contributed by atoms with E-state index in [1.165, 1.54) is 6.07 Å². The molecule has 0 aromatic heterocycles. The molecular formula is C19H27F2N3O3. The molecule has 0 unspecified atom stereocenters. The number of guanidine groups is 1. The van der Waals surface area contributed by atoms with Crippen LogP contribution in [0.25, 0.3) is 0 Å². The van der Waals surface area contributed by atoms with Gasteiger partial charge in [-0.15, -0.1) is 0 Å². The number of esters is 1. The van der Waals surface area contributed by atoms with Gasteiger partial charge in [0.15, 0.2) is 5.96 Å². The molecule has 0 saturated carbocycles. The lowest BCUT2D eigenvalue weighted by Gasteiger charge is -2.33. The van der Waals surface area contributed by atoms with Crippen molar-refractivity contribution in [2.75, 3.05) is 26.2 Å². The standard InChI is InChI=1S/C19H27F2N3O3/c1-3-22-19(24-10-8-15(9-11-24)17(25)26-4-2)23-13-14-6-5-7-16(12-14)27-18(20)21/h5-7,12,15,18H,3-4,8-11,13H2,1-2H3,(H,22,23). The zero-order valence-electron chi connectivity index (χ0n) is 15.8. The molecular weight excluding hydrogens is 356 g/mol. The lowest BCUT2D eigenvalue weighted by atomic mass is 9.97. The van der Waals surface area contributed by atoms with Crippen LogP contribution in [0.4, 0.5) is 8.78 Å². The second kappa shape index (κ2) is 10.7. The van der Waals surface area contributed by atoms with Gasteiger partial charge in [0.2, 0.25) is 0 Å². The second-order valence-electron chi connectivity index (χ2n) is 6.21. The third-order valence-corrected chi connectivity index (χ3v) is 4.28. The van der Waals surface area contributed by atoms with Crippen LogP contribution in [0.15, 0.2) is 29.3 Å². The molecule has 0 spiro atoms. The van der Waals surface area contributed by atoms with E-state index in [0.29, 0.717) is 32.8 Å². The average Bonchev–Trinajstić information content (AvgIpc) is 2.65. The van der Waals surface area contributed by atoms with Crippen LogP contribution in [0.5, 0.6) is 5.75 Å². The summed E-state index contributed by atoms with van der Waals surface area (Å²) in [5, 5.41) is 3.25. The summed E-state index contributed by atoms with van der Waals surface area (Å²) in [4.78, 5) is 18.6. The van der Waals surface area contributed by atoms with Gasteiger partial charge in [-0.25, -0.2) is 4.99 Å². The van der Waals surface area contributed by atoms with E-state index in [2.05, 4.69) is 19.9 Å². The number of ether oxygens (including phenoxy) is 2. The number of nitrogens with zero attached hydrogens (tertiary/aromatic N) is 2. The molecule has 1 aliphatic rings. The molecule has 1 heterocycles. The molecule has 6 nitrogen and oxygen atoms in total. The van der Waals surface area contributed by atoms with Gasteiger partial charge in [-0.1, -0.05) is 12.1 Å². The number of benzene rings is 1. The molecule has 0 radical (unpaired) electrons. The lowest BCUT2D eigenvalue weighted by molar-refractivity contribution is -0.149. The Morgan fingerprint density at radius 3 is 2.70 bits per heavy atom. The van der Waals surface area contributed by atoms with Crippen molar-refractivity contribution in [3.05, 3.63) is 29.8 Å². The van der Waals surface area contributed by atoms with Gasteiger partial charge in [0.1, 0.15) is 5.75 Å². The molecule has 0 aliphatic carbocycles. The van der Waals surface area contributed by atoms with E-state index in [1.807, 2.05) is 19.9 Å². The van der Waals surface area contributed by atoms with Crippen LogP contribution >= 0.6 is 0 Å². The van der Waals surface area contributed by atoms with Crippen LogP contribution in [0.1, 0.15) is 32.3 Å². The molecule has 0 bridgehead atoms. The van der Waals surface area contributed by atoms with Crippen molar-refractivity contribution in [2.24, 2.45) is 10.9 Å². The highest BCUT2D eigenvalue weighted by molar-refractivity contribution is 5.80. The van der Waals surface area contributed by atoms with Crippen LogP contribution in [0, 0.1) is 5.92 Å². The van der Waals surface area contributed by atoms with Crippen LogP contribution < -0.4 is 10.1 Å². The first-order valence-corrected chi connectivity index (χ1v) is 9.27. The predicted octanol–water partition coefficient (Wildman–Crippen LogP) is 3.03. The van der Waals surface area contributed by atoms with E-state index in [0.717, 1.165) is 24.4 Å². The van der Waals surface area contributed by atoms with E-state index < -0.39 is 6.61 Å². The van der Waals surface area contributed by atoms with Crippen molar-refractivity contribution in [1.29, 1.82) is 0 Å². The van der Waals surface area contributed by atoms with Crippen molar-refractivity contribution in [2.45, 2.75) is 39.8 Å². The van der Waals surface area contributed by atoms with E-state index in [9.17, 15) is 13.6 Å². The number of likely N-dealkylation sites (tertiary alicyclic amines) is 1. The first-order chi connectivity index (χ1) is 13.0. The minimum atomic E-state index is -2.85. The Kier molecular flexibility index (Phi) is 8.29. The topological polar surface area (TPSA) is 63.2 Å². The third-order valence-electron chi connectivity index (χ3n) is 4.28. The monoisotopic (exact) mass is 383 g/mol. The Bertz CT molecular complexity index is 632. The Hall–Kier alpha value is -2.38. The average molecular weight is 383 g/mol. The summed E-state index contributed by atoms with van der Waals surface area (Å²) >= 11 is 0. The van der Waals surface area contributed by atoms with Gasteiger partial charge >= 0.3 is 12.6 Å². The first-order valence-electron chi connectivity index (χ1n) is 9.27. The number of carbonyl (C=O) groups is 1. The fourth-order valence-corrected chi connectivity index (χ4v) is 3.00. The van der Waals surface area contributed by atoms with Crippen molar-refractivity contribution in [3.8, 4) is 5.75 Å². The van der Waals surface area contributed by atoms with E-state index >= 15 is 0 Å². The normalized spacial score (nSPS) is 15.7. The molecule has 1 aliphatic heterocycles. The summed E-state index contributed by atoms with van der Waals surface area (Å²) < 4.78 is 34.2. The maximum Gasteiger partial charge on any atom is 0.387 e. The zero-order chi connectivity index (χ0) is 19.6. The molecule has 2 rings (SSSR count). The fourth-order valence-electron chi connectivity index (χ4n) is 3.00. The molecule has 8 heteroatoms. The summed E-state index contributed by atoms with van der Waals surface area (Å²) in [6.07, 6.45) is 1.45. The maximum atomic E-state index is 12.3. The lowest BCUT2D eigenvalue weighted by Crippen LogP contribution is -2.46. The van der Waals surface area contributed by atoms with Gasteiger partial charge < -0.3 is 19.7 Å². The Balaban J connectivity index is 1.98. The number of alkyl halides is 2. The second-order valence-corrected chi connectivity index (χ2v) is 6.21. The predicted molar refractivity (Wildman–Crippen MR) is 98.8 cm³/mol. The van der Waals surface area contributed by atoms with Gasteiger partial charge in [0, 0.05) is 19.6 Å². The van der Waals surface area contributed by atoms with Gasteiger partial charge in [-0.05, 0) is 44.4 Å². The quantitative estimate of drug-likeness (QED) is 0.446. The smallest absolute Gasteiger partial charge is 0.387 e. The number of hydrogen-bond acceptors (Lipinski definition) is 4. The van der Waals surface area contributed by atoms with Gasteiger partial charge in [0.25, 0.3) is 0 Å². The summed E-state index contributed by atoms with van der Waals surface area (Å²) in [5.74, 6) is 0.681. The largest absolute Gasteiger partial charge is 0.466 e. The molecule has 1 aromatic carbocycles. The summed E-state index contributed by atoms with van der Waals surface area (Å²) in [5.41, 5.74) is 0.782. The third kappa shape index (κ3) is 6.69. The highest BCUT2D eigenvalue weighted by Crippen LogP contribution is 2.20. The molecule has 1 fully saturated rings. The van der Waals surface area contributed by atoms with Crippen molar-refractivity contribution < 1.29 is 23.0 Å². The number of hydrogen-bond donors (Lipinski definition) is 1. The molecule has 1 aromatic rings. The first kappa shape index (κ1) is 20.9.